The Balaban J connectivity index is 0.00000158. The monoisotopic (exact) mass is 557 g/mol. The summed E-state index contributed by atoms with van der Waals surface area (Å²) in [7, 11) is 1.73. The van der Waals surface area contributed by atoms with Crippen LogP contribution in [0.2, 0.25) is 0 Å². The second kappa shape index (κ2) is 12.0. The first-order valence-electron chi connectivity index (χ1n) is 13.5. The molecule has 1 aliphatic heterocycles. The Morgan fingerprint density at radius 3 is 2.62 bits per heavy atom. The third-order valence-corrected chi connectivity index (χ3v) is 8.06. The highest BCUT2D eigenvalue weighted by Gasteiger charge is 2.35. The molecule has 2 aliphatic rings. The third kappa shape index (κ3) is 5.36. The molecule has 2 unspecified atom stereocenters. The molecule has 8 nitrogen and oxygen atoms in total. The van der Waals surface area contributed by atoms with E-state index in [1.54, 1.807) is 29.9 Å². The molecule has 4 heterocycles. The molecule has 2 atom stereocenters. The van der Waals surface area contributed by atoms with Gasteiger partial charge in [-0.3, -0.25) is 19.3 Å². The van der Waals surface area contributed by atoms with E-state index in [1.807, 2.05) is 60.9 Å². The van der Waals surface area contributed by atoms with E-state index in [0.717, 1.165) is 35.4 Å². The minimum Gasteiger partial charge on any atom is -0.375 e. The van der Waals surface area contributed by atoms with Gasteiger partial charge in [-0.05, 0) is 49.1 Å². The van der Waals surface area contributed by atoms with Gasteiger partial charge in [0.15, 0.2) is 0 Å². The summed E-state index contributed by atoms with van der Waals surface area (Å²) in [4.78, 5) is 26.7. The molecule has 0 amide bonds. The van der Waals surface area contributed by atoms with Gasteiger partial charge in [-0.2, -0.15) is 4.39 Å². The average Bonchev–Trinajstić information content (AvgIpc) is 3.59. The van der Waals surface area contributed by atoms with Crippen molar-refractivity contribution in [3.63, 3.8) is 0 Å². The number of thioether (sulfide) groups is 1. The van der Waals surface area contributed by atoms with Crippen LogP contribution in [0.4, 0.5) is 4.39 Å². The van der Waals surface area contributed by atoms with Crippen molar-refractivity contribution in [3.8, 4) is 11.3 Å². The van der Waals surface area contributed by atoms with Crippen LogP contribution in [-0.2, 0) is 13.6 Å². The zero-order chi connectivity index (χ0) is 28.2. The Kier molecular flexibility index (Phi) is 8.25. The van der Waals surface area contributed by atoms with Crippen LogP contribution in [-0.4, -0.2) is 25.1 Å². The second-order valence-electron chi connectivity index (χ2n) is 9.45. The maximum atomic E-state index is 13.6. The molecule has 0 bridgehead atoms. The van der Waals surface area contributed by atoms with Gasteiger partial charge in [-0.15, -0.1) is 0 Å². The van der Waals surface area contributed by atoms with Crippen molar-refractivity contribution in [2.75, 3.05) is 0 Å². The van der Waals surface area contributed by atoms with Gasteiger partial charge in [0.1, 0.15) is 15.7 Å². The van der Waals surface area contributed by atoms with Crippen molar-refractivity contribution in [2.24, 2.45) is 12.0 Å². The van der Waals surface area contributed by atoms with Gasteiger partial charge in [-0.1, -0.05) is 62.0 Å². The van der Waals surface area contributed by atoms with Gasteiger partial charge >= 0.3 is 0 Å². The lowest BCUT2D eigenvalue weighted by Crippen LogP contribution is -2.58. The van der Waals surface area contributed by atoms with Gasteiger partial charge < -0.3 is 5.32 Å². The summed E-state index contributed by atoms with van der Waals surface area (Å²) in [6.07, 6.45) is 4.71. The summed E-state index contributed by atoms with van der Waals surface area (Å²) < 4.78 is 17.0. The number of aromatic nitrogens is 4. The smallest absolute Gasteiger partial charge is 0.266 e. The molecule has 1 aromatic carbocycles. The first-order valence-corrected chi connectivity index (χ1v) is 14.3. The van der Waals surface area contributed by atoms with Crippen LogP contribution in [0.15, 0.2) is 81.7 Å². The lowest BCUT2D eigenvalue weighted by atomic mass is 10.1. The lowest BCUT2D eigenvalue weighted by molar-refractivity contribution is 0.465. The minimum absolute atomic E-state index is 0.119. The first-order chi connectivity index (χ1) is 19.5. The molecular formula is C30H32FN7OS. The molecule has 1 aliphatic carbocycles. The van der Waals surface area contributed by atoms with Crippen LogP contribution in [0.3, 0.4) is 0 Å². The zero-order valence-electron chi connectivity index (χ0n) is 22.8. The Labute approximate surface area is 235 Å². The number of hydrogen-bond acceptors (Lipinski definition) is 7. The number of benzene rings is 1. The number of pyridine rings is 2. The molecule has 40 heavy (non-hydrogen) atoms. The number of nitrogens with one attached hydrogen (secondary N) is 2. The molecule has 10 heteroatoms. The van der Waals surface area contributed by atoms with Gasteiger partial charge in [0.2, 0.25) is 11.6 Å². The van der Waals surface area contributed by atoms with E-state index in [1.165, 1.54) is 17.8 Å². The highest BCUT2D eigenvalue weighted by molar-refractivity contribution is 8.07. The van der Waals surface area contributed by atoms with E-state index >= 15 is 0 Å². The maximum Gasteiger partial charge on any atom is 0.266 e. The summed E-state index contributed by atoms with van der Waals surface area (Å²) in [5.41, 5.74) is 2.83. The molecule has 1 saturated carbocycles. The lowest BCUT2D eigenvalue weighted by Gasteiger charge is -2.16. The maximum absolute atomic E-state index is 13.6. The van der Waals surface area contributed by atoms with Crippen LogP contribution < -0.4 is 27.2 Å². The Bertz CT molecular complexity index is 1750. The molecule has 0 radical (unpaired) electrons. The largest absolute Gasteiger partial charge is 0.375 e. The molecule has 6 rings (SSSR count). The van der Waals surface area contributed by atoms with Gasteiger partial charge in [-0.25, -0.2) is 15.0 Å². The average molecular weight is 558 g/mol. The fraction of sp³-hybridized carbons (Fsp3) is 0.300. The summed E-state index contributed by atoms with van der Waals surface area (Å²) in [6, 6.07) is 18.3. The summed E-state index contributed by atoms with van der Waals surface area (Å²) in [5, 5.41) is 14.1. The number of nitrogens with zero attached hydrogens (tertiary/aromatic N) is 5. The van der Waals surface area contributed by atoms with Crippen molar-refractivity contribution in [1.29, 1.82) is 5.41 Å². The van der Waals surface area contributed by atoms with Crippen molar-refractivity contribution in [1.82, 2.24) is 24.4 Å². The van der Waals surface area contributed by atoms with E-state index in [0.29, 0.717) is 28.1 Å². The van der Waals surface area contributed by atoms with E-state index in [-0.39, 0.29) is 23.1 Å². The van der Waals surface area contributed by atoms with Crippen molar-refractivity contribution in [2.45, 2.75) is 56.8 Å². The number of fused-ring (bicyclic) bond motifs is 3. The normalized spacial score (nSPS) is 17.7. The van der Waals surface area contributed by atoms with E-state index < -0.39 is 5.95 Å². The van der Waals surface area contributed by atoms with Crippen LogP contribution >= 0.6 is 11.8 Å². The highest BCUT2D eigenvalue weighted by atomic mass is 32.2. The Hall–Kier alpha value is -4.05. The molecule has 0 spiro atoms. The third-order valence-electron chi connectivity index (χ3n) is 7.06. The Morgan fingerprint density at radius 2 is 1.90 bits per heavy atom. The topological polar surface area (TPSA) is 101 Å². The van der Waals surface area contributed by atoms with Crippen molar-refractivity contribution >= 4 is 16.8 Å². The number of rotatable bonds is 6. The number of hydrogen-bond donors (Lipinski definition) is 2. The highest BCUT2D eigenvalue weighted by Crippen LogP contribution is 2.32. The van der Waals surface area contributed by atoms with Crippen LogP contribution in [0.5, 0.6) is 0 Å². The van der Waals surface area contributed by atoms with E-state index in [9.17, 15) is 9.18 Å². The van der Waals surface area contributed by atoms with Crippen molar-refractivity contribution < 1.29 is 4.39 Å². The van der Waals surface area contributed by atoms with E-state index in [2.05, 4.69) is 15.3 Å². The van der Waals surface area contributed by atoms with E-state index in [4.69, 9.17) is 10.4 Å². The fourth-order valence-corrected chi connectivity index (χ4v) is 6.06. The standard InChI is InChI=1S/C28H26FN7OS.C2H6/c1-35-27(37)24(25(30)36-21-8-4-7-20(21)34-28(35)36)26(38-23-10-2-3-15-31-23)32-16-17-11-13-18(14-12-17)19-6-5-9-22(29)33-19;1-2/h2-3,5-6,9-15,20-21,30,32H,4,7-8,16H2,1H3;1-2H3/b26-24-,30-25?;. The van der Waals surface area contributed by atoms with Crippen LogP contribution in [0, 0.1) is 11.4 Å². The summed E-state index contributed by atoms with van der Waals surface area (Å²) >= 11 is 1.34. The first kappa shape index (κ1) is 27.5. The van der Waals surface area contributed by atoms with Gasteiger partial charge in [0.25, 0.3) is 5.56 Å². The molecule has 0 saturated heterocycles. The zero-order valence-corrected chi connectivity index (χ0v) is 23.6. The molecular weight excluding hydrogens is 525 g/mol. The molecule has 3 aromatic heterocycles. The predicted molar refractivity (Wildman–Crippen MR) is 154 cm³/mol. The van der Waals surface area contributed by atoms with Crippen LogP contribution in [0.1, 0.15) is 44.7 Å². The molecule has 206 valence electrons. The van der Waals surface area contributed by atoms with Crippen LogP contribution in [0.25, 0.3) is 16.3 Å². The SMILES string of the molecule is CC.Cn1c(=O)/c(=C(/NCc2ccc(-c3cccc(F)n3)cc2)Sc2ccccn2)c(=N)n2c1=NC1CCCC12. The minimum atomic E-state index is -0.518. The second-order valence-corrected chi connectivity index (χ2v) is 10.5. The fourth-order valence-electron chi connectivity index (χ4n) is 5.16. The molecule has 2 N–H and O–H groups in total. The van der Waals surface area contributed by atoms with Gasteiger partial charge in [0, 0.05) is 25.4 Å². The predicted octanol–water partition coefficient (Wildman–Crippen LogP) is 3.66. The quantitative estimate of drug-likeness (QED) is 0.278. The molecule has 1 fully saturated rings. The van der Waals surface area contributed by atoms with Crippen molar-refractivity contribution in [3.05, 3.63) is 105 Å². The number of halogens is 1. The summed E-state index contributed by atoms with van der Waals surface area (Å²) in [5.74, 6) is -0.518. The molecule has 4 aromatic rings. The summed E-state index contributed by atoms with van der Waals surface area (Å²) in [6.45, 7) is 4.42. The Morgan fingerprint density at radius 1 is 1.10 bits per heavy atom. The van der Waals surface area contributed by atoms with Gasteiger partial charge in [0.05, 0.1) is 22.8 Å².